The van der Waals surface area contributed by atoms with Crippen LogP contribution in [-0.2, 0) is 6.18 Å². The predicted octanol–water partition coefficient (Wildman–Crippen LogP) is 9.22. The number of aromatic nitrogens is 6. The first kappa shape index (κ1) is 40.9. The fourth-order valence-electron chi connectivity index (χ4n) is 5.81. The van der Waals surface area contributed by atoms with Crippen molar-refractivity contribution in [3.63, 3.8) is 0 Å². The molecule has 1 aliphatic heterocycles. The lowest BCUT2D eigenvalue weighted by molar-refractivity contribution is -0.137. The topological polar surface area (TPSA) is 202 Å². The standard InChI is InChI=1S/C27H24ClF3N6O4.C13H10N4O2/c28-21-15-24(39-11-10-37-8-1-2-9-37)22(14-20(21)27(29,30)31)35-26(38)34-17-4-3-5-18(12-17)41-19-6-7-32-23(13-19)25-36-33-16-40-25;14-9-2-1-3-10(6-9)19-11-4-5-15-12(7-11)13-17-16-8-18-13/h3-7,12-16H,1-2,8-11H2,(H2,34,35,38);1-8H,14H2. The number of hydrogen-bond acceptors (Lipinski definition) is 14. The van der Waals surface area contributed by atoms with Gasteiger partial charge >= 0.3 is 12.2 Å². The summed E-state index contributed by atoms with van der Waals surface area (Å²) in [7, 11) is 0. The molecule has 16 nitrogen and oxygen atoms in total. The third-order valence-electron chi connectivity index (χ3n) is 8.53. The number of benzene rings is 3. The van der Waals surface area contributed by atoms with Gasteiger partial charge in [0.1, 0.15) is 46.7 Å². The fourth-order valence-corrected chi connectivity index (χ4v) is 6.07. The first-order valence-corrected chi connectivity index (χ1v) is 18.5. The minimum absolute atomic E-state index is 0.0316. The van der Waals surface area contributed by atoms with Gasteiger partial charge in [-0.15, -0.1) is 20.4 Å². The SMILES string of the molecule is Nc1cccc(Oc2ccnc(-c3nnco3)c2)c1.O=C(Nc1cccc(Oc2ccnc(-c3nnco3)c2)c1)Nc1cc(C(F)(F)F)c(Cl)cc1OCCN1CCCC1. The Labute approximate surface area is 344 Å². The van der Waals surface area contributed by atoms with E-state index in [1.807, 2.05) is 12.1 Å². The smallest absolute Gasteiger partial charge is 0.417 e. The van der Waals surface area contributed by atoms with E-state index in [9.17, 15) is 18.0 Å². The molecule has 0 atom stereocenters. The lowest BCUT2D eigenvalue weighted by Crippen LogP contribution is -2.25. The van der Waals surface area contributed by atoms with Gasteiger partial charge in [-0.2, -0.15) is 13.2 Å². The van der Waals surface area contributed by atoms with E-state index >= 15 is 0 Å². The Kier molecular flexibility index (Phi) is 13.0. The van der Waals surface area contributed by atoms with E-state index in [0.717, 1.165) is 38.1 Å². The third kappa shape index (κ3) is 11.2. The number of rotatable bonds is 12. The molecule has 4 aromatic heterocycles. The number of ether oxygens (including phenoxy) is 3. The Morgan fingerprint density at radius 3 is 1.97 bits per heavy atom. The number of nitrogens with zero attached hydrogens (tertiary/aromatic N) is 7. The molecule has 1 aliphatic rings. The number of hydrogen-bond donors (Lipinski definition) is 3. The van der Waals surface area contributed by atoms with Crippen LogP contribution >= 0.6 is 11.6 Å². The minimum Gasteiger partial charge on any atom is -0.490 e. The van der Waals surface area contributed by atoms with Crippen LogP contribution in [0.4, 0.5) is 35.0 Å². The van der Waals surface area contributed by atoms with Crippen LogP contribution in [-0.4, -0.2) is 67.5 Å². The Bertz CT molecular complexity index is 2510. The summed E-state index contributed by atoms with van der Waals surface area (Å²) in [4.78, 5) is 23.3. The van der Waals surface area contributed by atoms with Crippen LogP contribution in [0.15, 0.2) is 119 Å². The van der Waals surface area contributed by atoms with Gasteiger partial charge in [-0.3, -0.25) is 14.9 Å². The molecular weight excluding hydrogens is 809 g/mol. The minimum atomic E-state index is -4.72. The lowest BCUT2D eigenvalue weighted by Gasteiger charge is -2.19. The average molecular weight is 843 g/mol. The van der Waals surface area contributed by atoms with Gasteiger partial charge < -0.3 is 39.4 Å². The third-order valence-corrected chi connectivity index (χ3v) is 8.84. The van der Waals surface area contributed by atoms with Gasteiger partial charge in [0.15, 0.2) is 0 Å². The molecule has 8 rings (SSSR count). The highest BCUT2D eigenvalue weighted by atomic mass is 35.5. The van der Waals surface area contributed by atoms with E-state index in [2.05, 4.69) is 45.9 Å². The lowest BCUT2D eigenvalue weighted by atomic mass is 10.1. The molecule has 0 bridgehead atoms. The number of amides is 2. The van der Waals surface area contributed by atoms with Gasteiger partial charge in [0.25, 0.3) is 11.8 Å². The zero-order valence-corrected chi connectivity index (χ0v) is 32.1. The molecule has 0 saturated carbocycles. The quantitative estimate of drug-likeness (QED) is 0.0983. The van der Waals surface area contributed by atoms with Crippen molar-refractivity contribution in [2.24, 2.45) is 0 Å². The van der Waals surface area contributed by atoms with E-state index in [-0.39, 0.29) is 23.9 Å². The van der Waals surface area contributed by atoms with Crippen molar-refractivity contribution < 1.29 is 41.0 Å². The number of urea groups is 1. The highest BCUT2D eigenvalue weighted by molar-refractivity contribution is 6.31. The Morgan fingerprint density at radius 2 is 1.38 bits per heavy atom. The predicted molar refractivity (Wildman–Crippen MR) is 213 cm³/mol. The summed E-state index contributed by atoms with van der Waals surface area (Å²) >= 11 is 5.91. The Balaban J connectivity index is 0.000000238. The molecule has 60 heavy (non-hydrogen) atoms. The van der Waals surface area contributed by atoms with Crippen LogP contribution in [0, 0.1) is 0 Å². The molecule has 7 aromatic rings. The van der Waals surface area contributed by atoms with Gasteiger partial charge in [-0.1, -0.05) is 23.7 Å². The maximum Gasteiger partial charge on any atom is 0.417 e. The zero-order valence-electron chi connectivity index (χ0n) is 31.3. The summed E-state index contributed by atoms with van der Waals surface area (Å²) in [6, 6.07) is 21.4. The second-order valence-corrected chi connectivity index (χ2v) is 13.3. The molecule has 3 aromatic carbocycles. The number of halogens is 4. The molecule has 308 valence electrons. The number of carbonyl (C=O) groups excluding carboxylic acids is 1. The van der Waals surface area contributed by atoms with Crippen LogP contribution in [0.1, 0.15) is 18.4 Å². The summed E-state index contributed by atoms with van der Waals surface area (Å²) in [6.07, 6.45) is 3.02. The highest BCUT2D eigenvalue weighted by Gasteiger charge is 2.34. The zero-order chi connectivity index (χ0) is 41.9. The van der Waals surface area contributed by atoms with E-state index in [1.54, 1.807) is 66.9 Å². The molecule has 20 heteroatoms. The number of pyridine rings is 2. The van der Waals surface area contributed by atoms with E-state index in [0.29, 0.717) is 58.2 Å². The maximum absolute atomic E-state index is 13.5. The molecule has 2 amide bonds. The fraction of sp³-hybridized carbons (Fsp3) is 0.175. The summed E-state index contributed by atoms with van der Waals surface area (Å²) in [5, 5.41) is 19.4. The van der Waals surface area contributed by atoms with Gasteiger partial charge in [-0.25, -0.2) is 4.79 Å². The van der Waals surface area contributed by atoms with Crippen molar-refractivity contribution in [2.45, 2.75) is 19.0 Å². The summed E-state index contributed by atoms with van der Waals surface area (Å²) < 4.78 is 68.1. The van der Waals surface area contributed by atoms with Gasteiger partial charge in [0.2, 0.25) is 12.8 Å². The van der Waals surface area contributed by atoms with Crippen LogP contribution in [0.2, 0.25) is 5.02 Å². The van der Waals surface area contributed by atoms with Crippen molar-refractivity contribution in [3.8, 4) is 51.9 Å². The van der Waals surface area contributed by atoms with Crippen molar-refractivity contribution in [2.75, 3.05) is 42.6 Å². The largest absolute Gasteiger partial charge is 0.490 e. The highest BCUT2D eigenvalue weighted by Crippen LogP contribution is 2.41. The number of nitrogen functional groups attached to an aromatic ring is 1. The summed E-state index contributed by atoms with van der Waals surface area (Å²) in [5.74, 6) is 2.67. The molecule has 0 unspecified atom stereocenters. The molecule has 1 fully saturated rings. The average Bonchev–Trinajstić information content (AvgIpc) is 4.05. The molecule has 0 spiro atoms. The Hall–Kier alpha value is -7.25. The molecule has 0 radical (unpaired) electrons. The van der Waals surface area contributed by atoms with Crippen LogP contribution in [0.25, 0.3) is 23.2 Å². The number of nitrogens with one attached hydrogen (secondary N) is 2. The van der Waals surface area contributed by atoms with E-state index in [1.165, 1.54) is 19.0 Å². The van der Waals surface area contributed by atoms with Crippen molar-refractivity contribution in [3.05, 3.63) is 121 Å². The molecule has 1 saturated heterocycles. The van der Waals surface area contributed by atoms with Crippen molar-refractivity contribution >= 4 is 34.7 Å². The molecule has 0 aliphatic carbocycles. The summed E-state index contributed by atoms with van der Waals surface area (Å²) in [6.45, 7) is 2.70. The van der Waals surface area contributed by atoms with E-state index < -0.39 is 22.8 Å². The van der Waals surface area contributed by atoms with Gasteiger partial charge in [0, 0.05) is 60.6 Å². The first-order valence-electron chi connectivity index (χ1n) is 18.2. The molecule has 5 heterocycles. The van der Waals surface area contributed by atoms with Crippen molar-refractivity contribution in [1.29, 1.82) is 0 Å². The number of carbonyl (C=O) groups is 1. The number of nitrogens with two attached hydrogens (primary N) is 1. The second-order valence-electron chi connectivity index (χ2n) is 12.8. The second kappa shape index (κ2) is 19.0. The number of alkyl halides is 3. The first-order chi connectivity index (χ1) is 29.1. The van der Waals surface area contributed by atoms with Crippen LogP contribution in [0.3, 0.4) is 0 Å². The van der Waals surface area contributed by atoms with Crippen molar-refractivity contribution in [1.82, 2.24) is 35.3 Å². The van der Waals surface area contributed by atoms with Gasteiger partial charge in [-0.05, 0) is 68.4 Å². The van der Waals surface area contributed by atoms with Crippen LogP contribution in [0.5, 0.6) is 28.7 Å². The summed E-state index contributed by atoms with van der Waals surface area (Å²) in [5.41, 5.74) is 6.37. The van der Waals surface area contributed by atoms with E-state index in [4.69, 9.17) is 40.4 Å². The van der Waals surface area contributed by atoms with Crippen LogP contribution < -0.4 is 30.6 Å². The number of likely N-dealkylation sites (tertiary alicyclic amines) is 1. The molecular formula is C40H34ClF3N10O6. The normalized spacial score (nSPS) is 12.6. The number of anilines is 3. The molecule has 4 N–H and O–H groups in total. The van der Waals surface area contributed by atoms with Gasteiger partial charge in [0.05, 0.1) is 16.3 Å². The maximum atomic E-state index is 13.5. The Morgan fingerprint density at radius 1 is 0.783 bits per heavy atom. The monoisotopic (exact) mass is 842 g/mol.